The smallest absolute Gasteiger partial charge is 0.407 e. The van der Waals surface area contributed by atoms with Gasteiger partial charge in [-0.05, 0) is 17.7 Å². The van der Waals surface area contributed by atoms with Crippen LogP contribution in [0.2, 0.25) is 0 Å². The minimum Gasteiger partial charge on any atom is -0.447 e. The molecule has 16 heavy (non-hydrogen) atoms. The van der Waals surface area contributed by atoms with Crippen LogP contribution in [0.15, 0.2) is 24.3 Å². The molecule has 1 N–H and O–H groups in total. The average molecular weight is 221 g/mol. The van der Waals surface area contributed by atoms with Crippen molar-refractivity contribution in [2.75, 3.05) is 6.61 Å². The number of ether oxygens (including phenoxy) is 2. The van der Waals surface area contributed by atoms with Gasteiger partial charge in [-0.1, -0.05) is 12.1 Å². The summed E-state index contributed by atoms with van der Waals surface area (Å²) in [6.07, 6.45) is -0.428. The standard InChI is InChI=1S/C11H11NO4/c1-7(13)16-9-4-2-3-8(5-9)10-6-15-11(14)12-10/h2-5,10H,6H2,1H3,(H,12,14)/t10-/m0/s1. The molecule has 1 heterocycles. The summed E-state index contributed by atoms with van der Waals surface area (Å²) in [5, 5.41) is 2.65. The summed E-state index contributed by atoms with van der Waals surface area (Å²) in [5.41, 5.74) is 0.851. The van der Waals surface area contributed by atoms with Crippen molar-refractivity contribution in [1.29, 1.82) is 0 Å². The van der Waals surface area contributed by atoms with Gasteiger partial charge in [0.25, 0.3) is 0 Å². The molecule has 84 valence electrons. The van der Waals surface area contributed by atoms with E-state index in [4.69, 9.17) is 9.47 Å². The lowest BCUT2D eigenvalue weighted by molar-refractivity contribution is -0.131. The highest BCUT2D eigenvalue weighted by Gasteiger charge is 2.23. The van der Waals surface area contributed by atoms with E-state index in [1.165, 1.54) is 6.92 Å². The highest BCUT2D eigenvalue weighted by molar-refractivity contribution is 5.70. The van der Waals surface area contributed by atoms with Crippen molar-refractivity contribution in [1.82, 2.24) is 5.32 Å². The van der Waals surface area contributed by atoms with Crippen LogP contribution in [0.1, 0.15) is 18.5 Å². The van der Waals surface area contributed by atoms with Crippen LogP contribution in [0.25, 0.3) is 0 Å². The molecule has 2 rings (SSSR count). The van der Waals surface area contributed by atoms with Crippen molar-refractivity contribution in [3.05, 3.63) is 29.8 Å². The molecule has 1 aromatic carbocycles. The largest absolute Gasteiger partial charge is 0.447 e. The van der Waals surface area contributed by atoms with Crippen LogP contribution in [0.4, 0.5) is 4.79 Å². The first kappa shape index (κ1) is 10.5. The maximum Gasteiger partial charge on any atom is 0.407 e. The number of carbonyl (C=O) groups excluding carboxylic acids is 2. The molecule has 0 aromatic heterocycles. The Hall–Kier alpha value is -2.04. The summed E-state index contributed by atoms with van der Waals surface area (Å²) in [6.45, 7) is 1.63. The van der Waals surface area contributed by atoms with Crippen molar-refractivity contribution < 1.29 is 19.1 Å². The van der Waals surface area contributed by atoms with E-state index in [9.17, 15) is 9.59 Å². The fraction of sp³-hybridized carbons (Fsp3) is 0.273. The fourth-order valence-corrected chi connectivity index (χ4v) is 1.52. The van der Waals surface area contributed by atoms with Gasteiger partial charge >= 0.3 is 12.1 Å². The molecule has 1 aliphatic rings. The van der Waals surface area contributed by atoms with Crippen molar-refractivity contribution in [3.8, 4) is 5.75 Å². The summed E-state index contributed by atoms with van der Waals surface area (Å²) >= 11 is 0. The molecule has 1 aliphatic heterocycles. The molecular weight excluding hydrogens is 210 g/mol. The number of hydrogen-bond acceptors (Lipinski definition) is 4. The number of cyclic esters (lactones) is 1. The van der Waals surface area contributed by atoms with Crippen LogP contribution in [-0.2, 0) is 9.53 Å². The molecule has 1 aromatic rings. The second kappa shape index (κ2) is 4.22. The Kier molecular flexibility index (Phi) is 2.76. The molecule has 1 saturated heterocycles. The van der Waals surface area contributed by atoms with Crippen molar-refractivity contribution in [2.24, 2.45) is 0 Å². The Balaban J connectivity index is 2.15. The first-order valence-corrected chi connectivity index (χ1v) is 4.87. The van der Waals surface area contributed by atoms with Crippen LogP contribution in [0.3, 0.4) is 0 Å². The van der Waals surface area contributed by atoms with Gasteiger partial charge in [-0.3, -0.25) is 4.79 Å². The van der Waals surface area contributed by atoms with Crippen LogP contribution in [0, 0.1) is 0 Å². The van der Waals surface area contributed by atoms with Gasteiger partial charge in [0.05, 0.1) is 6.04 Å². The Bertz CT molecular complexity index is 430. The number of carbonyl (C=O) groups is 2. The second-order valence-electron chi connectivity index (χ2n) is 3.46. The molecule has 0 bridgehead atoms. The number of esters is 1. The van der Waals surface area contributed by atoms with Gasteiger partial charge in [-0.25, -0.2) is 4.79 Å². The van der Waals surface area contributed by atoms with Gasteiger partial charge in [-0.15, -0.1) is 0 Å². The van der Waals surface area contributed by atoms with E-state index in [-0.39, 0.29) is 12.0 Å². The minimum absolute atomic E-state index is 0.178. The summed E-state index contributed by atoms with van der Waals surface area (Å²) < 4.78 is 9.73. The molecule has 1 fully saturated rings. The molecule has 5 heteroatoms. The third-order valence-electron chi connectivity index (χ3n) is 2.20. The SMILES string of the molecule is CC(=O)Oc1cccc([C@@H]2COC(=O)N2)c1. The molecule has 0 unspecified atom stereocenters. The zero-order valence-electron chi connectivity index (χ0n) is 8.73. The molecule has 1 atom stereocenters. The van der Waals surface area contributed by atoms with Crippen molar-refractivity contribution >= 4 is 12.1 Å². The van der Waals surface area contributed by atoms with Gasteiger partial charge in [0.2, 0.25) is 0 Å². The predicted molar refractivity (Wildman–Crippen MR) is 55.0 cm³/mol. The number of benzene rings is 1. The lowest BCUT2D eigenvalue weighted by atomic mass is 10.1. The molecule has 0 saturated carbocycles. The first-order valence-electron chi connectivity index (χ1n) is 4.87. The zero-order valence-corrected chi connectivity index (χ0v) is 8.73. The van der Waals surface area contributed by atoms with Crippen LogP contribution in [-0.4, -0.2) is 18.7 Å². The van der Waals surface area contributed by atoms with Gasteiger partial charge in [-0.2, -0.15) is 0 Å². The van der Waals surface area contributed by atoms with E-state index in [1.807, 2.05) is 6.07 Å². The predicted octanol–water partition coefficient (Wildman–Crippen LogP) is 1.39. The summed E-state index contributed by atoms with van der Waals surface area (Å²) in [4.78, 5) is 21.7. The zero-order chi connectivity index (χ0) is 11.5. The van der Waals surface area contributed by atoms with E-state index < -0.39 is 6.09 Å². The summed E-state index contributed by atoms with van der Waals surface area (Å²) in [7, 11) is 0. The van der Waals surface area contributed by atoms with E-state index >= 15 is 0 Å². The van der Waals surface area contributed by atoms with E-state index in [1.54, 1.807) is 18.2 Å². The fourth-order valence-electron chi connectivity index (χ4n) is 1.52. The van der Waals surface area contributed by atoms with E-state index in [0.717, 1.165) is 5.56 Å². The van der Waals surface area contributed by atoms with Gasteiger partial charge in [0.15, 0.2) is 0 Å². The normalized spacial score (nSPS) is 18.8. The number of alkyl carbamates (subject to hydrolysis) is 1. The Morgan fingerprint density at radius 3 is 3.00 bits per heavy atom. The number of rotatable bonds is 2. The molecule has 5 nitrogen and oxygen atoms in total. The maximum absolute atomic E-state index is 10.9. The molecule has 1 amide bonds. The number of hydrogen-bond donors (Lipinski definition) is 1. The molecular formula is C11H11NO4. The molecule has 0 spiro atoms. The maximum atomic E-state index is 10.9. The Labute approximate surface area is 92.4 Å². The van der Waals surface area contributed by atoms with E-state index in [0.29, 0.717) is 12.4 Å². The van der Waals surface area contributed by atoms with Gasteiger partial charge in [0, 0.05) is 6.92 Å². The average Bonchev–Trinajstić information content (AvgIpc) is 2.64. The topological polar surface area (TPSA) is 64.6 Å². The van der Waals surface area contributed by atoms with Crippen LogP contribution < -0.4 is 10.1 Å². The molecule has 0 aliphatic carbocycles. The van der Waals surface area contributed by atoms with E-state index in [2.05, 4.69) is 5.32 Å². The van der Waals surface area contributed by atoms with Crippen molar-refractivity contribution in [3.63, 3.8) is 0 Å². The summed E-state index contributed by atoms with van der Waals surface area (Å²) in [6, 6.07) is 6.82. The highest BCUT2D eigenvalue weighted by Crippen LogP contribution is 2.22. The third kappa shape index (κ3) is 2.31. The first-order chi connectivity index (χ1) is 7.65. The monoisotopic (exact) mass is 221 g/mol. The second-order valence-corrected chi connectivity index (χ2v) is 3.46. The number of nitrogens with one attached hydrogen (secondary N) is 1. The van der Waals surface area contributed by atoms with Crippen LogP contribution in [0.5, 0.6) is 5.75 Å². The van der Waals surface area contributed by atoms with Crippen LogP contribution >= 0.6 is 0 Å². The minimum atomic E-state index is -0.428. The summed E-state index contributed by atoms with van der Waals surface area (Å²) in [5.74, 6) is 0.0926. The van der Waals surface area contributed by atoms with Crippen molar-refractivity contribution in [2.45, 2.75) is 13.0 Å². The number of amides is 1. The quantitative estimate of drug-likeness (QED) is 0.605. The highest BCUT2D eigenvalue weighted by atomic mass is 16.6. The Morgan fingerprint density at radius 1 is 1.56 bits per heavy atom. The molecule has 0 radical (unpaired) electrons. The third-order valence-corrected chi connectivity index (χ3v) is 2.20. The lowest BCUT2D eigenvalue weighted by Crippen LogP contribution is -2.18. The van der Waals surface area contributed by atoms with Gasteiger partial charge < -0.3 is 14.8 Å². The Morgan fingerprint density at radius 2 is 2.38 bits per heavy atom. The lowest BCUT2D eigenvalue weighted by Gasteiger charge is -2.09. The van der Waals surface area contributed by atoms with Gasteiger partial charge in [0.1, 0.15) is 12.4 Å².